The van der Waals surface area contributed by atoms with Crippen molar-refractivity contribution in [2.24, 2.45) is 0 Å². The van der Waals surface area contributed by atoms with Crippen LogP contribution in [0.5, 0.6) is 5.75 Å². The van der Waals surface area contributed by atoms with Crippen LogP contribution in [0.4, 0.5) is 21.5 Å². The Balaban J connectivity index is 2.34. The highest BCUT2D eigenvalue weighted by Crippen LogP contribution is 2.32. The zero-order valence-corrected chi connectivity index (χ0v) is 13.1. The number of rotatable bonds is 4. The molecule has 0 saturated heterocycles. The number of nitrogens with two attached hydrogens (primary N) is 1. The standard InChI is InChI=1S/C15H15Cl2FN2O/c1-8(2)21-15-7-14(13(19)6-12(15)18)20-11-4-9(16)3-10(17)5-11/h3-8,20H,19H2,1-2H3. The molecule has 0 aliphatic rings. The van der Waals surface area contributed by atoms with Gasteiger partial charge in [0.15, 0.2) is 11.6 Å². The molecule has 0 saturated carbocycles. The van der Waals surface area contributed by atoms with Crippen LogP contribution in [0.1, 0.15) is 13.8 Å². The van der Waals surface area contributed by atoms with E-state index in [0.29, 0.717) is 21.4 Å². The van der Waals surface area contributed by atoms with Crippen LogP contribution in [0.2, 0.25) is 10.0 Å². The molecule has 0 fully saturated rings. The smallest absolute Gasteiger partial charge is 0.167 e. The van der Waals surface area contributed by atoms with E-state index in [1.165, 1.54) is 12.1 Å². The Labute approximate surface area is 132 Å². The zero-order chi connectivity index (χ0) is 15.6. The van der Waals surface area contributed by atoms with E-state index in [0.717, 1.165) is 0 Å². The lowest BCUT2D eigenvalue weighted by Crippen LogP contribution is -2.08. The molecule has 0 unspecified atom stereocenters. The summed E-state index contributed by atoms with van der Waals surface area (Å²) in [7, 11) is 0. The fraction of sp³-hybridized carbons (Fsp3) is 0.200. The van der Waals surface area contributed by atoms with Gasteiger partial charge in [-0.15, -0.1) is 0 Å². The van der Waals surface area contributed by atoms with Gasteiger partial charge < -0.3 is 15.8 Å². The first-order valence-corrected chi connectivity index (χ1v) is 7.09. The van der Waals surface area contributed by atoms with Crippen LogP contribution in [0.25, 0.3) is 0 Å². The van der Waals surface area contributed by atoms with Crippen LogP contribution in [0.3, 0.4) is 0 Å². The number of benzene rings is 2. The van der Waals surface area contributed by atoms with E-state index in [2.05, 4.69) is 5.32 Å². The minimum atomic E-state index is -0.504. The van der Waals surface area contributed by atoms with Crippen molar-refractivity contribution >= 4 is 40.3 Å². The van der Waals surface area contributed by atoms with E-state index < -0.39 is 5.82 Å². The Morgan fingerprint density at radius 3 is 2.29 bits per heavy atom. The highest BCUT2D eigenvalue weighted by molar-refractivity contribution is 6.35. The van der Waals surface area contributed by atoms with Gasteiger partial charge in [0.1, 0.15) is 0 Å². The summed E-state index contributed by atoms with van der Waals surface area (Å²) < 4.78 is 19.2. The average molecular weight is 329 g/mol. The van der Waals surface area contributed by atoms with Gasteiger partial charge >= 0.3 is 0 Å². The normalized spacial score (nSPS) is 10.8. The molecule has 21 heavy (non-hydrogen) atoms. The van der Waals surface area contributed by atoms with Gasteiger partial charge in [0.25, 0.3) is 0 Å². The van der Waals surface area contributed by atoms with Crippen LogP contribution in [-0.4, -0.2) is 6.10 Å². The molecule has 0 heterocycles. The molecule has 0 radical (unpaired) electrons. The van der Waals surface area contributed by atoms with Crippen molar-refractivity contribution in [3.63, 3.8) is 0 Å². The molecule has 0 amide bonds. The van der Waals surface area contributed by atoms with Crippen molar-refractivity contribution < 1.29 is 9.13 Å². The highest BCUT2D eigenvalue weighted by atomic mass is 35.5. The minimum absolute atomic E-state index is 0.134. The molecule has 3 nitrogen and oxygen atoms in total. The molecule has 3 N–H and O–H groups in total. The molecule has 0 spiro atoms. The van der Waals surface area contributed by atoms with E-state index in [1.807, 2.05) is 13.8 Å². The minimum Gasteiger partial charge on any atom is -0.488 e. The highest BCUT2D eigenvalue weighted by Gasteiger charge is 2.11. The molecule has 0 aromatic heterocycles. The fourth-order valence-electron chi connectivity index (χ4n) is 1.80. The molecule has 2 aromatic rings. The van der Waals surface area contributed by atoms with Crippen molar-refractivity contribution in [3.8, 4) is 5.75 Å². The second-order valence-corrected chi connectivity index (χ2v) is 5.69. The summed E-state index contributed by atoms with van der Waals surface area (Å²) in [6.07, 6.45) is -0.142. The van der Waals surface area contributed by atoms with Crippen molar-refractivity contribution in [2.75, 3.05) is 11.1 Å². The Morgan fingerprint density at radius 1 is 1.10 bits per heavy atom. The molecule has 2 aromatic carbocycles. The number of nitrogen functional groups attached to an aromatic ring is 1. The largest absolute Gasteiger partial charge is 0.488 e. The summed E-state index contributed by atoms with van der Waals surface area (Å²) in [5.41, 5.74) is 7.26. The molecule has 6 heteroatoms. The van der Waals surface area contributed by atoms with Gasteiger partial charge in [0.2, 0.25) is 0 Å². The summed E-state index contributed by atoms with van der Waals surface area (Å²) >= 11 is 11.9. The summed E-state index contributed by atoms with van der Waals surface area (Å²) in [5, 5.41) is 4.03. The zero-order valence-electron chi connectivity index (χ0n) is 11.6. The average Bonchev–Trinajstić information content (AvgIpc) is 2.33. The van der Waals surface area contributed by atoms with Gasteiger partial charge in [-0.3, -0.25) is 0 Å². The Morgan fingerprint density at radius 2 is 1.71 bits per heavy atom. The number of hydrogen-bond acceptors (Lipinski definition) is 3. The molecular weight excluding hydrogens is 314 g/mol. The topological polar surface area (TPSA) is 47.3 Å². The maximum atomic E-state index is 13.8. The fourth-order valence-corrected chi connectivity index (χ4v) is 2.33. The van der Waals surface area contributed by atoms with Gasteiger partial charge in [-0.2, -0.15) is 0 Å². The van der Waals surface area contributed by atoms with Gasteiger partial charge in [0.05, 0.1) is 17.5 Å². The monoisotopic (exact) mass is 328 g/mol. The van der Waals surface area contributed by atoms with E-state index in [-0.39, 0.29) is 17.5 Å². The third-order valence-corrected chi connectivity index (χ3v) is 3.04. The molecule has 0 aliphatic carbocycles. The van der Waals surface area contributed by atoms with Crippen molar-refractivity contribution in [2.45, 2.75) is 20.0 Å². The second kappa shape index (κ2) is 6.41. The molecular formula is C15H15Cl2FN2O. The predicted octanol–water partition coefficient (Wildman–Crippen LogP) is 5.25. The predicted molar refractivity (Wildman–Crippen MR) is 86.3 cm³/mol. The number of nitrogens with one attached hydrogen (secondary N) is 1. The Kier molecular flexibility index (Phi) is 4.80. The summed E-state index contributed by atoms with van der Waals surface area (Å²) in [6.45, 7) is 3.64. The van der Waals surface area contributed by atoms with Crippen LogP contribution in [0.15, 0.2) is 30.3 Å². The number of hydrogen-bond donors (Lipinski definition) is 2. The summed E-state index contributed by atoms with van der Waals surface area (Å²) in [4.78, 5) is 0. The lowest BCUT2D eigenvalue weighted by atomic mass is 10.2. The third kappa shape index (κ3) is 4.16. The van der Waals surface area contributed by atoms with E-state index >= 15 is 0 Å². The van der Waals surface area contributed by atoms with Crippen LogP contribution in [0, 0.1) is 5.82 Å². The summed E-state index contributed by atoms with van der Waals surface area (Å²) in [5.74, 6) is -0.370. The van der Waals surface area contributed by atoms with Crippen molar-refractivity contribution in [3.05, 3.63) is 46.2 Å². The molecule has 2 rings (SSSR count). The van der Waals surface area contributed by atoms with Crippen molar-refractivity contribution in [1.29, 1.82) is 0 Å². The molecule has 0 atom stereocenters. The molecule has 0 aliphatic heterocycles. The van der Waals surface area contributed by atoms with Gasteiger partial charge in [0, 0.05) is 27.9 Å². The van der Waals surface area contributed by atoms with Crippen LogP contribution >= 0.6 is 23.2 Å². The van der Waals surface area contributed by atoms with E-state index in [1.54, 1.807) is 18.2 Å². The molecule has 112 valence electrons. The van der Waals surface area contributed by atoms with Crippen LogP contribution in [-0.2, 0) is 0 Å². The van der Waals surface area contributed by atoms with E-state index in [4.69, 9.17) is 33.7 Å². The number of ether oxygens (including phenoxy) is 1. The lowest BCUT2D eigenvalue weighted by molar-refractivity contribution is 0.231. The first-order chi connectivity index (χ1) is 9.85. The van der Waals surface area contributed by atoms with Gasteiger partial charge in [-0.05, 0) is 32.0 Å². The number of halogens is 3. The van der Waals surface area contributed by atoms with Gasteiger partial charge in [-0.25, -0.2) is 4.39 Å². The molecule has 0 bridgehead atoms. The maximum Gasteiger partial charge on any atom is 0.167 e. The van der Waals surface area contributed by atoms with E-state index in [9.17, 15) is 4.39 Å². The summed E-state index contributed by atoms with van der Waals surface area (Å²) in [6, 6.07) is 7.74. The first-order valence-electron chi connectivity index (χ1n) is 6.34. The SMILES string of the molecule is CC(C)Oc1cc(Nc2cc(Cl)cc(Cl)c2)c(N)cc1F. The van der Waals surface area contributed by atoms with Crippen LogP contribution < -0.4 is 15.8 Å². The van der Waals surface area contributed by atoms with Gasteiger partial charge in [-0.1, -0.05) is 23.2 Å². The maximum absolute atomic E-state index is 13.8. The second-order valence-electron chi connectivity index (χ2n) is 4.82. The quantitative estimate of drug-likeness (QED) is 0.754. The third-order valence-electron chi connectivity index (χ3n) is 2.61. The Bertz CT molecular complexity index is 642. The number of anilines is 3. The van der Waals surface area contributed by atoms with Crippen molar-refractivity contribution in [1.82, 2.24) is 0 Å². The lowest BCUT2D eigenvalue weighted by Gasteiger charge is -2.15. The Hall–Kier alpha value is -1.65. The first kappa shape index (κ1) is 15.7.